The SMILES string of the molecule is CC(C)(C)c1ccc(CC(=O)C2CC3COCC(C2)N3C(=O)OCc2ccccc2)cc1. The van der Waals surface area contributed by atoms with Gasteiger partial charge < -0.3 is 9.47 Å². The van der Waals surface area contributed by atoms with E-state index in [4.69, 9.17) is 9.47 Å². The summed E-state index contributed by atoms with van der Waals surface area (Å²) in [5, 5.41) is 0. The summed E-state index contributed by atoms with van der Waals surface area (Å²) in [6.07, 6.45) is 1.40. The Kier molecular flexibility index (Phi) is 6.66. The molecule has 2 aromatic carbocycles. The van der Waals surface area contributed by atoms with Gasteiger partial charge in [-0.15, -0.1) is 0 Å². The van der Waals surface area contributed by atoms with Gasteiger partial charge in [0.25, 0.3) is 0 Å². The zero-order valence-electron chi connectivity index (χ0n) is 19.3. The molecule has 0 aliphatic carbocycles. The second-order valence-corrected chi connectivity index (χ2v) is 10.1. The predicted octanol–water partition coefficient (Wildman–Crippen LogP) is 4.91. The van der Waals surface area contributed by atoms with Crippen LogP contribution < -0.4 is 0 Å². The quantitative estimate of drug-likeness (QED) is 0.670. The maximum atomic E-state index is 13.1. The van der Waals surface area contributed by atoms with Crippen LogP contribution in [-0.4, -0.2) is 42.1 Å². The predicted molar refractivity (Wildman–Crippen MR) is 123 cm³/mol. The molecule has 5 heteroatoms. The van der Waals surface area contributed by atoms with Gasteiger partial charge >= 0.3 is 6.09 Å². The molecule has 5 nitrogen and oxygen atoms in total. The van der Waals surface area contributed by atoms with Crippen molar-refractivity contribution in [3.05, 3.63) is 71.3 Å². The van der Waals surface area contributed by atoms with Crippen molar-refractivity contribution in [3.8, 4) is 0 Å². The molecule has 2 aliphatic rings. The fraction of sp³-hybridized carbons (Fsp3) is 0.481. The third kappa shape index (κ3) is 5.21. The minimum absolute atomic E-state index is 0.0469. The van der Waals surface area contributed by atoms with Crippen LogP contribution in [0.15, 0.2) is 54.6 Å². The van der Waals surface area contributed by atoms with Gasteiger partial charge in [0.15, 0.2) is 0 Å². The molecule has 2 aliphatic heterocycles. The summed E-state index contributed by atoms with van der Waals surface area (Å²) in [6, 6.07) is 17.8. The normalized spacial score (nSPS) is 23.0. The van der Waals surface area contributed by atoms with E-state index in [2.05, 4.69) is 45.0 Å². The lowest BCUT2D eigenvalue weighted by Gasteiger charge is -2.47. The number of rotatable bonds is 5. The number of morpholine rings is 1. The van der Waals surface area contributed by atoms with Crippen LogP contribution in [0.2, 0.25) is 0 Å². The molecular weight excluding hydrogens is 402 g/mol. The van der Waals surface area contributed by atoms with Crippen molar-refractivity contribution in [2.24, 2.45) is 5.92 Å². The van der Waals surface area contributed by atoms with E-state index in [0.717, 1.165) is 11.1 Å². The summed E-state index contributed by atoms with van der Waals surface area (Å²) < 4.78 is 11.3. The molecule has 0 saturated carbocycles. The molecule has 170 valence electrons. The zero-order chi connectivity index (χ0) is 22.7. The molecule has 0 aromatic heterocycles. The molecule has 0 radical (unpaired) electrons. The van der Waals surface area contributed by atoms with Crippen molar-refractivity contribution >= 4 is 11.9 Å². The van der Waals surface area contributed by atoms with E-state index in [-0.39, 0.29) is 41.9 Å². The zero-order valence-corrected chi connectivity index (χ0v) is 19.3. The molecule has 32 heavy (non-hydrogen) atoms. The number of carbonyl (C=O) groups excluding carboxylic acids is 2. The molecular formula is C27H33NO4. The number of ketones is 1. The maximum Gasteiger partial charge on any atom is 0.410 e. The number of hydrogen-bond acceptors (Lipinski definition) is 4. The van der Waals surface area contributed by atoms with Crippen LogP contribution in [0.1, 0.15) is 50.3 Å². The van der Waals surface area contributed by atoms with E-state index < -0.39 is 0 Å². The lowest BCUT2D eigenvalue weighted by molar-refractivity contribution is -0.130. The minimum Gasteiger partial charge on any atom is -0.445 e. The molecule has 2 aromatic rings. The van der Waals surface area contributed by atoms with Gasteiger partial charge in [-0.2, -0.15) is 0 Å². The third-order valence-electron chi connectivity index (χ3n) is 6.59. The molecule has 2 unspecified atom stereocenters. The largest absolute Gasteiger partial charge is 0.445 e. The topological polar surface area (TPSA) is 55.8 Å². The molecule has 2 atom stereocenters. The standard InChI is InChI=1S/C27H33NO4/c1-27(2,3)22-11-9-19(10-12-22)13-25(29)21-14-23-17-31-18-24(15-21)28(23)26(30)32-16-20-7-5-4-6-8-20/h4-12,21,23-24H,13-18H2,1-3H3. The van der Waals surface area contributed by atoms with Crippen LogP contribution >= 0.6 is 0 Å². The Morgan fingerprint density at radius 2 is 1.56 bits per heavy atom. The Morgan fingerprint density at radius 1 is 0.938 bits per heavy atom. The first-order chi connectivity index (χ1) is 15.3. The van der Waals surface area contributed by atoms with Crippen LogP contribution in [0.3, 0.4) is 0 Å². The van der Waals surface area contributed by atoms with E-state index in [1.165, 1.54) is 5.56 Å². The van der Waals surface area contributed by atoms with E-state index in [1.807, 2.05) is 35.2 Å². The smallest absolute Gasteiger partial charge is 0.410 e. The molecule has 0 spiro atoms. The van der Waals surface area contributed by atoms with Crippen LogP contribution in [0.4, 0.5) is 4.79 Å². The lowest BCUT2D eigenvalue weighted by atomic mass is 9.81. The highest BCUT2D eigenvalue weighted by atomic mass is 16.6. The van der Waals surface area contributed by atoms with E-state index in [1.54, 1.807) is 0 Å². The molecule has 2 heterocycles. The summed E-state index contributed by atoms with van der Waals surface area (Å²) in [5.41, 5.74) is 3.38. The molecule has 2 saturated heterocycles. The minimum atomic E-state index is -0.309. The summed E-state index contributed by atoms with van der Waals surface area (Å²) in [6.45, 7) is 7.73. The number of ether oxygens (including phenoxy) is 2. The molecule has 1 amide bonds. The van der Waals surface area contributed by atoms with Crippen molar-refractivity contribution in [1.29, 1.82) is 0 Å². The summed E-state index contributed by atoms with van der Waals surface area (Å²) in [5.74, 6) is 0.206. The fourth-order valence-corrected chi connectivity index (χ4v) is 4.74. The number of carbonyl (C=O) groups is 2. The van der Waals surface area contributed by atoms with Crippen LogP contribution in [0.5, 0.6) is 0 Å². The number of amides is 1. The maximum absolute atomic E-state index is 13.1. The van der Waals surface area contributed by atoms with Crippen molar-refractivity contribution in [2.45, 2.75) is 64.1 Å². The van der Waals surface area contributed by atoms with E-state index >= 15 is 0 Å². The average Bonchev–Trinajstić information content (AvgIpc) is 2.77. The Morgan fingerprint density at radius 3 is 2.16 bits per heavy atom. The molecule has 0 N–H and O–H groups in total. The van der Waals surface area contributed by atoms with Gasteiger partial charge in [-0.3, -0.25) is 9.69 Å². The number of piperidine rings is 1. The Labute approximate surface area is 190 Å². The van der Waals surface area contributed by atoms with Gasteiger partial charge in [0.2, 0.25) is 0 Å². The highest BCUT2D eigenvalue weighted by molar-refractivity contribution is 5.84. The van der Waals surface area contributed by atoms with Crippen molar-refractivity contribution < 1.29 is 19.1 Å². The molecule has 4 rings (SSSR count). The van der Waals surface area contributed by atoms with Crippen molar-refractivity contribution in [2.75, 3.05) is 13.2 Å². The number of benzene rings is 2. The number of Topliss-reactive ketones (excluding diaryl/α,β-unsaturated/α-hetero) is 1. The van der Waals surface area contributed by atoms with Crippen molar-refractivity contribution in [1.82, 2.24) is 4.90 Å². The lowest BCUT2D eigenvalue weighted by Crippen LogP contribution is -2.60. The second kappa shape index (κ2) is 9.45. The molecule has 2 fully saturated rings. The average molecular weight is 436 g/mol. The Hall–Kier alpha value is -2.66. The number of hydrogen-bond donors (Lipinski definition) is 0. The number of fused-ring (bicyclic) bond motifs is 2. The summed E-state index contributed by atoms with van der Waals surface area (Å²) in [4.78, 5) is 27.7. The van der Waals surface area contributed by atoms with Crippen LogP contribution in [0, 0.1) is 5.92 Å². The summed E-state index contributed by atoms with van der Waals surface area (Å²) in [7, 11) is 0. The van der Waals surface area contributed by atoms with Gasteiger partial charge in [0.05, 0.1) is 25.3 Å². The highest BCUT2D eigenvalue weighted by Crippen LogP contribution is 2.33. The van der Waals surface area contributed by atoms with Gasteiger partial charge in [-0.25, -0.2) is 4.79 Å². The monoisotopic (exact) mass is 435 g/mol. The number of nitrogens with zero attached hydrogens (tertiary/aromatic N) is 1. The van der Waals surface area contributed by atoms with Gasteiger partial charge in [-0.1, -0.05) is 75.4 Å². The third-order valence-corrected chi connectivity index (χ3v) is 6.59. The second-order valence-electron chi connectivity index (χ2n) is 10.1. The Bertz CT molecular complexity index is 918. The van der Waals surface area contributed by atoms with Gasteiger partial charge in [0.1, 0.15) is 12.4 Å². The van der Waals surface area contributed by atoms with E-state index in [9.17, 15) is 9.59 Å². The highest BCUT2D eigenvalue weighted by Gasteiger charge is 2.44. The first-order valence-corrected chi connectivity index (χ1v) is 11.5. The van der Waals surface area contributed by atoms with Gasteiger partial charge in [-0.05, 0) is 34.9 Å². The first kappa shape index (κ1) is 22.5. The first-order valence-electron chi connectivity index (χ1n) is 11.5. The van der Waals surface area contributed by atoms with E-state index in [0.29, 0.717) is 32.5 Å². The molecule has 2 bridgehead atoms. The van der Waals surface area contributed by atoms with Crippen molar-refractivity contribution in [3.63, 3.8) is 0 Å². The Balaban J connectivity index is 1.36. The van der Waals surface area contributed by atoms with Crippen LogP contribution in [0.25, 0.3) is 0 Å². The van der Waals surface area contributed by atoms with Crippen LogP contribution in [-0.2, 0) is 32.7 Å². The van der Waals surface area contributed by atoms with Gasteiger partial charge in [0, 0.05) is 12.3 Å². The summed E-state index contributed by atoms with van der Waals surface area (Å²) >= 11 is 0. The fourth-order valence-electron chi connectivity index (χ4n) is 4.74.